The summed E-state index contributed by atoms with van der Waals surface area (Å²) in [6.07, 6.45) is 0. The molecule has 0 amide bonds. The van der Waals surface area contributed by atoms with Crippen LogP contribution < -0.4 is 0 Å². The highest BCUT2D eigenvalue weighted by Crippen LogP contribution is 2.12. The van der Waals surface area contributed by atoms with Gasteiger partial charge in [0.15, 0.2) is 0 Å². The first kappa shape index (κ1) is 12.7. The summed E-state index contributed by atoms with van der Waals surface area (Å²) >= 11 is 5.60. The molecule has 6 heteroatoms. The summed E-state index contributed by atoms with van der Waals surface area (Å²) in [6, 6.07) is 6.34. The molecule has 74 valence electrons. The van der Waals surface area contributed by atoms with E-state index in [0.29, 0.717) is 10.6 Å². The zero-order chi connectivity index (χ0) is 9.19. The van der Waals surface area contributed by atoms with Crippen LogP contribution in [-0.2, 0) is 15.9 Å². The Labute approximate surface area is 87.9 Å². The summed E-state index contributed by atoms with van der Waals surface area (Å²) in [7, 11) is -3.95. The first-order chi connectivity index (χ1) is 5.47. The molecule has 0 spiro atoms. The van der Waals surface area contributed by atoms with Crippen LogP contribution in [0.5, 0.6) is 0 Å². The minimum atomic E-state index is -3.95. The summed E-state index contributed by atoms with van der Waals surface area (Å²) in [5.41, 5.74) is 0.477. The van der Waals surface area contributed by atoms with Crippen LogP contribution in [0.4, 0.5) is 0 Å². The van der Waals surface area contributed by atoms with E-state index in [2.05, 4.69) is 0 Å². The number of halogens is 2. The second-order valence-corrected chi connectivity index (χ2v) is 4.25. The predicted octanol–water partition coefficient (Wildman–Crippen LogP) is 2.15. The van der Waals surface area contributed by atoms with Crippen LogP contribution in [-0.4, -0.2) is 13.0 Å². The highest BCUT2D eigenvalue weighted by atomic mass is 35.5. The van der Waals surface area contributed by atoms with Crippen molar-refractivity contribution in [2.75, 3.05) is 0 Å². The van der Waals surface area contributed by atoms with Crippen LogP contribution in [0.3, 0.4) is 0 Å². The van der Waals surface area contributed by atoms with Gasteiger partial charge >= 0.3 is 0 Å². The average Bonchev–Trinajstić information content (AvgIpc) is 1.82. The Morgan fingerprint density at radius 1 is 1.38 bits per heavy atom. The lowest BCUT2D eigenvalue weighted by atomic mass is 10.2. The van der Waals surface area contributed by atoms with Gasteiger partial charge in [-0.25, -0.2) is 0 Å². The molecule has 0 saturated carbocycles. The molecular formula is C7H8Cl2O3S. The number of hydrogen-bond donors (Lipinski definition) is 1. The standard InChI is InChI=1S/C7H7ClO3S.ClH/c8-7-3-1-2-6(4-7)5-12(9,10)11;/h1-4H,5H2,(H,9,10,11);1H. The lowest BCUT2D eigenvalue weighted by molar-refractivity contribution is 0.482. The van der Waals surface area contributed by atoms with Crippen LogP contribution >= 0.6 is 24.0 Å². The molecule has 0 aliphatic carbocycles. The van der Waals surface area contributed by atoms with Gasteiger partial charge in [-0.2, -0.15) is 8.42 Å². The number of benzene rings is 1. The molecule has 0 radical (unpaired) electrons. The van der Waals surface area contributed by atoms with Gasteiger partial charge < -0.3 is 0 Å². The van der Waals surface area contributed by atoms with Crippen molar-refractivity contribution in [2.24, 2.45) is 0 Å². The molecule has 1 rings (SSSR count). The van der Waals surface area contributed by atoms with Crippen molar-refractivity contribution in [1.82, 2.24) is 0 Å². The molecule has 1 aromatic rings. The molecule has 0 fully saturated rings. The second-order valence-electron chi connectivity index (χ2n) is 2.36. The molecule has 13 heavy (non-hydrogen) atoms. The normalized spacial score (nSPS) is 10.6. The summed E-state index contributed by atoms with van der Waals surface area (Å²) in [5, 5.41) is 0.455. The van der Waals surface area contributed by atoms with Gasteiger partial charge in [0.05, 0.1) is 0 Å². The Hall–Kier alpha value is -0.290. The molecule has 0 heterocycles. The summed E-state index contributed by atoms with van der Waals surface area (Å²) in [6.45, 7) is 0. The first-order valence-corrected chi connectivity index (χ1v) is 5.16. The van der Waals surface area contributed by atoms with E-state index in [1.807, 2.05) is 0 Å². The molecule has 0 aliphatic rings. The van der Waals surface area contributed by atoms with Crippen molar-refractivity contribution in [3.8, 4) is 0 Å². The van der Waals surface area contributed by atoms with Gasteiger partial charge in [-0.05, 0) is 17.7 Å². The third-order valence-corrected chi connectivity index (χ3v) is 2.17. The molecule has 0 saturated heterocycles. The lowest BCUT2D eigenvalue weighted by Crippen LogP contribution is -2.00. The Morgan fingerprint density at radius 2 is 2.00 bits per heavy atom. The van der Waals surface area contributed by atoms with Gasteiger partial charge in [0, 0.05) is 5.02 Å². The Bertz CT molecular complexity index is 375. The van der Waals surface area contributed by atoms with Gasteiger partial charge in [-0.3, -0.25) is 4.55 Å². The SMILES string of the molecule is Cl.O=S(=O)(O)Cc1cccc(Cl)c1. The van der Waals surface area contributed by atoms with Gasteiger partial charge in [-0.1, -0.05) is 23.7 Å². The van der Waals surface area contributed by atoms with Crippen LogP contribution in [0.15, 0.2) is 24.3 Å². The van der Waals surface area contributed by atoms with Crippen LogP contribution in [0.1, 0.15) is 5.56 Å². The molecular weight excluding hydrogens is 235 g/mol. The Kier molecular flexibility index (Phi) is 4.70. The van der Waals surface area contributed by atoms with Crippen molar-refractivity contribution in [3.63, 3.8) is 0 Å². The van der Waals surface area contributed by atoms with E-state index < -0.39 is 15.9 Å². The highest BCUT2D eigenvalue weighted by Gasteiger charge is 2.05. The fraction of sp³-hybridized carbons (Fsp3) is 0.143. The lowest BCUT2D eigenvalue weighted by Gasteiger charge is -1.97. The van der Waals surface area contributed by atoms with E-state index >= 15 is 0 Å². The van der Waals surface area contributed by atoms with Crippen LogP contribution in [0, 0.1) is 0 Å². The van der Waals surface area contributed by atoms with E-state index in [-0.39, 0.29) is 12.4 Å². The van der Waals surface area contributed by atoms with Gasteiger partial charge in [0.25, 0.3) is 10.1 Å². The zero-order valence-electron chi connectivity index (χ0n) is 6.47. The van der Waals surface area contributed by atoms with Crippen molar-refractivity contribution >= 4 is 34.1 Å². The Morgan fingerprint density at radius 3 is 2.46 bits per heavy atom. The molecule has 1 aromatic carbocycles. The zero-order valence-corrected chi connectivity index (χ0v) is 8.86. The van der Waals surface area contributed by atoms with E-state index in [0.717, 1.165) is 0 Å². The molecule has 1 N–H and O–H groups in total. The largest absolute Gasteiger partial charge is 0.285 e. The van der Waals surface area contributed by atoms with E-state index in [4.69, 9.17) is 16.2 Å². The first-order valence-electron chi connectivity index (χ1n) is 3.17. The minimum Gasteiger partial charge on any atom is -0.285 e. The monoisotopic (exact) mass is 242 g/mol. The maximum absolute atomic E-state index is 10.4. The molecule has 0 unspecified atom stereocenters. The van der Waals surface area contributed by atoms with Gasteiger partial charge in [0.2, 0.25) is 0 Å². The maximum atomic E-state index is 10.4. The van der Waals surface area contributed by atoms with E-state index in [9.17, 15) is 8.42 Å². The van der Waals surface area contributed by atoms with E-state index in [1.165, 1.54) is 6.07 Å². The Balaban J connectivity index is 0.00000144. The molecule has 0 atom stereocenters. The minimum absolute atomic E-state index is 0. The fourth-order valence-corrected chi connectivity index (χ4v) is 1.65. The van der Waals surface area contributed by atoms with Crippen molar-refractivity contribution in [2.45, 2.75) is 5.75 Å². The highest BCUT2D eigenvalue weighted by molar-refractivity contribution is 7.85. The second kappa shape index (κ2) is 4.81. The third-order valence-electron chi connectivity index (χ3n) is 1.24. The van der Waals surface area contributed by atoms with Crippen molar-refractivity contribution < 1.29 is 13.0 Å². The third kappa shape index (κ3) is 5.10. The van der Waals surface area contributed by atoms with Crippen molar-refractivity contribution in [1.29, 1.82) is 0 Å². The van der Waals surface area contributed by atoms with Crippen LogP contribution in [0.25, 0.3) is 0 Å². The van der Waals surface area contributed by atoms with Gasteiger partial charge in [0.1, 0.15) is 5.75 Å². The molecule has 3 nitrogen and oxygen atoms in total. The topological polar surface area (TPSA) is 54.4 Å². The quantitative estimate of drug-likeness (QED) is 0.809. The number of hydrogen-bond acceptors (Lipinski definition) is 2. The summed E-state index contributed by atoms with van der Waals surface area (Å²) in [5.74, 6) is -0.395. The predicted molar refractivity (Wildman–Crippen MR) is 54.0 cm³/mol. The average molecular weight is 243 g/mol. The molecule has 0 aliphatic heterocycles. The summed E-state index contributed by atoms with van der Waals surface area (Å²) in [4.78, 5) is 0. The van der Waals surface area contributed by atoms with Gasteiger partial charge in [-0.15, -0.1) is 12.4 Å². The van der Waals surface area contributed by atoms with Crippen LogP contribution in [0.2, 0.25) is 5.02 Å². The number of rotatable bonds is 2. The van der Waals surface area contributed by atoms with E-state index in [1.54, 1.807) is 18.2 Å². The fourth-order valence-electron chi connectivity index (χ4n) is 0.837. The molecule has 0 bridgehead atoms. The van der Waals surface area contributed by atoms with Crippen molar-refractivity contribution in [3.05, 3.63) is 34.9 Å². The molecule has 0 aromatic heterocycles. The smallest absolute Gasteiger partial charge is 0.269 e. The summed E-state index contributed by atoms with van der Waals surface area (Å²) < 4.78 is 29.3. The maximum Gasteiger partial charge on any atom is 0.269 e.